The second-order valence-corrected chi connectivity index (χ2v) is 5.08. The lowest BCUT2D eigenvalue weighted by molar-refractivity contribution is -0.122. The van der Waals surface area contributed by atoms with Crippen LogP contribution in [0.25, 0.3) is 0 Å². The summed E-state index contributed by atoms with van der Waals surface area (Å²) in [6.45, 7) is 5.19. The van der Waals surface area contributed by atoms with Crippen LogP contribution in [0.5, 0.6) is 0 Å². The van der Waals surface area contributed by atoms with Crippen LogP contribution >= 0.6 is 0 Å². The molecule has 1 atom stereocenters. The molecule has 5 nitrogen and oxygen atoms in total. The highest BCUT2D eigenvalue weighted by atomic mass is 16.1. The van der Waals surface area contributed by atoms with E-state index in [0.29, 0.717) is 17.9 Å². The third-order valence-electron chi connectivity index (χ3n) is 3.56. The van der Waals surface area contributed by atoms with Gasteiger partial charge in [0.2, 0.25) is 5.91 Å². The lowest BCUT2D eigenvalue weighted by Crippen LogP contribution is -2.42. The quantitative estimate of drug-likeness (QED) is 0.866. The number of rotatable bonds is 2. The lowest BCUT2D eigenvalue weighted by atomic mass is 9.97. The van der Waals surface area contributed by atoms with Crippen molar-refractivity contribution in [3.05, 3.63) is 22.9 Å². The Hall–Kier alpha value is -2.09. The van der Waals surface area contributed by atoms with Gasteiger partial charge in [0.15, 0.2) is 0 Å². The number of aromatic nitrogens is 1. The third-order valence-corrected chi connectivity index (χ3v) is 3.56. The van der Waals surface area contributed by atoms with Crippen molar-refractivity contribution in [2.75, 3.05) is 18.0 Å². The zero-order chi connectivity index (χ0) is 14.0. The Morgan fingerprint density at radius 3 is 2.95 bits per heavy atom. The van der Waals surface area contributed by atoms with E-state index < -0.39 is 0 Å². The molecule has 0 radical (unpaired) electrons. The van der Waals surface area contributed by atoms with Crippen LogP contribution in [-0.2, 0) is 4.79 Å². The largest absolute Gasteiger partial charge is 0.369 e. The highest BCUT2D eigenvalue weighted by Gasteiger charge is 2.26. The Morgan fingerprint density at radius 1 is 1.58 bits per heavy atom. The Balaban J connectivity index is 2.36. The van der Waals surface area contributed by atoms with Crippen molar-refractivity contribution < 1.29 is 4.79 Å². The van der Waals surface area contributed by atoms with E-state index in [4.69, 9.17) is 5.73 Å². The normalized spacial score (nSPS) is 19.0. The number of piperidine rings is 1. The fraction of sp³-hybridized carbons (Fsp3) is 0.500. The topological polar surface area (TPSA) is 83.0 Å². The van der Waals surface area contributed by atoms with Crippen LogP contribution in [-0.4, -0.2) is 24.0 Å². The SMILES string of the molecule is Cc1cc(C)c(C#N)c(N2CCC[C@H](C(N)=O)C2)n1. The molecule has 0 spiro atoms. The number of pyridine rings is 1. The van der Waals surface area contributed by atoms with Gasteiger partial charge >= 0.3 is 0 Å². The smallest absolute Gasteiger partial charge is 0.222 e. The van der Waals surface area contributed by atoms with Gasteiger partial charge < -0.3 is 10.6 Å². The minimum Gasteiger partial charge on any atom is -0.369 e. The summed E-state index contributed by atoms with van der Waals surface area (Å²) in [5, 5.41) is 9.29. The number of carbonyl (C=O) groups is 1. The van der Waals surface area contributed by atoms with E-state index in [-0.39, 0.29) is 11.8 Å². The number of primary amides is 1. The van der Waals surface area contributed by atoms with Crippen molar-refractivity contribution in [1.29, 1.82) is 5.26 Å². The first-order chi connectivity index (χ1) is 9.02. The van der Waals surface area contributed by atoms with Gasteiger partial charge in [-0.25, -0.2) is 4.98 Å². The first-order valence-electron chi connectivity index (χ1n) is 6.45. The summed E-state index contributed by atoms with van der Waals surface area (Å²) in [6.07, 6.45) is 1.71. The number of nitrogens with two attached hydrogens (primary N) is 1. The summed E-state index contributed by atoms with van der Waals surface area (Å²) in [7, 11) is 0. The van der Waals surface area contributed by atoms with Gasteiger partial charge in [-0.05, 0) is 38.3 Å². The van der Waals surface area contributed by atoms with E-state index in [9.17, 15) is 10.1 Å². The van der Waals surface area contributed by atoms with Crippen molar-refractivity contribution in [3.63, 3.8) is 0 Å². The number of hydrogen-bond acceptors (Lipinski definition) is 4. The molecule has 0 saturated carbocycles. The van der Waals surface area contributed by atoms with Crippen LogP contribution in [0.4, 0.5) is 5.82 Å². The van der Waals surface area contributed by atoms with Crippen LogP contribution < -0.4 is 10.6 Å². The Morgan fingerprint density at radius 2 is 2.32 bits per heavy atom. The van der Waals surface area contributed by atoms with Crippen molar-refractivity contribution in [1.82, 2.24) is 4.98 Å². The molecule has 1 saturated heterocycles. The summed E-state index contributed by atoms with van der Waals surface area (Å²) in [5.74, 6) is 0.265. The van der Waals surface area contributed by atoms with E-state index >= 15 is 0 Å². The predicted molar refractivity (Wildman–Crippen MR) is 72.6 cm³/mol. The lowest BCUT2D eigenvalue weighted by Gasteiger charge is -2.33. The summed E-state index contributed by atoms with van der Waals surface area (Å²) in [6, 6.07) is 4.11. The second kappa shape index (κ2) is 5.27. The molecule has 1 aliphatic heterocycles. The van der Waals surface area contributed by atoms with Crippen molar-refractivity contribution in [3.8, 4) is 6.07 Å². The maximum Gasteiger partial charge on any atom is 0.222 e. The number of aryl methyl sites for hydroxylation is 2. The molecule has 2 rings (SSSR count). The Bertz CT molecular complexity index is 547. The van der Waals surface area contributed by atoms with Crippen LogP contribution in [0.2, 0.25) is 0 Å². The zero-order valence-corrected chi connectivity index (χ0v) is 11.3. The molecular weight excluding hydrogens is 240 g/mol. The number of hydrogen-bond donors (Lipinski definition) is 1. The van der Waals surface area contributed by atoms with Gasteiger partial charge in [-0.15, -0.1) is 0 Å². The maximum absolute atomic E-state index is 11.3. The molecule has 0 aromatic carbocycles. The molecule has 1 fully saturated rings. The van der Waals surface area contributed by atoms with Crippen LogP contribution in [0.1, 0.15) is 29.7 Å². The Kier molecular flexibility index (Phi) is 3.70. The maximum atomic E-state index is 11.3. The Labute approximate surface area is 113 Å². The van der Waals surface area contributed by atoms with E-state index in [1.54, 1.807) is 0 Å². The van der Waals surface area contributed by atoms with Gasteiger partial charge in [0.05, 0.1) is 11.5 Å². The zero-order valence-electron chi connectivity index (χ0n) is 11.3. The van der Waals surface area contributed by atoms with Crippen molar-refractivity contribution >= 4 is 11.7 Å². The summed E-state index contributed by atoms with van der Waals surface area (Å²) in [4.78, 5) is 17.8. The van der Waals surface area contributed by atoms with Gasteiger partial charge in [-0.1, -0.05) is 0 Å². The van der Waals surface area contributed by atoms with E-state index in [0.717, 1.165) is 30.6 Å². The number of nitrogens with zero attached hydrogens (tertiary/aromatic N) is 3. The molecule has 100 valence electrons. The number of anilines is 1. The molecule has 1 amide bonds. The molecule has 1 aromatic heterocycles. The minimum atomic E-state index is -0.271. The molecule has 2 N–H and O–H groups in total. The average Bonchev–Trinajstić information content (AvgIpc) is 2.38. The summed E-state index contributed by atoms with van der Waals surface area (Å²) < 4.78 is 0. The summed E-state index contributed by atoms with van der Waals surface area (Å²) in [5.41, 5.74) is 7.78. The monoisotopic (exact) mass is 258 g/mol. The van der Waals surface area contributed by atoms with E-state index in [1.807, 2.05) is 24.8 Å². The molecule has 0 unspecified atom stereocenters. The number of amides is 1. The average molecular weight is 258 g/mol. The van der Waals surface area contributed by atoms with Crippen LogP contribution in [0.15, 0.2) is 6.07 Å². The third kappa shape index (κ3) is 2.68. The van der Waals surface area contributed by atoms with Gasteiger partial charge in [0.1, 0.15) is 11.9 Å². The molecule has 19 heavy (non-hydrogen) atoms. The molecule has 0 bridgehead atoms. The van der Waals surface area contributed by atoms with Gasteiger partial charge in [-0.2, -0.15) is 5.26 Å². The van der Waals surface area contributed by atoms with E-state index in [1.165, 1.54) is 0 Å². The highest BCUT2D eigenvalue weighted by Crippen LogP contribution is 2.26. The second-order valence-electron chi connectivity index (χ2n) is 5.08. The number of carbonyl (C=O) groups excluding carboxylic acids is 1. The predicted octanol–water partition coefficient (Wildman–Crippen LogP) is 1.27. The van der Waals surface area contributed by atoms with Gasteiger partial charge in [-0.3, -0.25) is 4.79 Å². The first kappa shape index (κ1) is 13.3. The molecule has 0 aliphatic carbocycles. The van der Waals surface area contributed by atoms with Gasteiger partial charge in [0, 0.05) is 18.8 Å². The molecule has 5 heteroatoms. The standard InChI is InChI=1S/C14H18N4O/c1-9-6-10(2)17-14(12(9)7-15)18-5-3-4-11(8-18)13(16)19/h6,11H,3-5,8H2,1-2H3,(H2,16,19)/t11-/m0/s1. The molecule has 1 aromatic rings. The van der Waals surface area contributed by atoms with Crippen LogP contribution in [0, 0.1) is 31.1 Å². The van der Waals surface area contributed by atoms with Crippen LogP contribution in [0.3, 0.4) is 0 Å². The fourth-order valence-electron chi connectivity index (χ4n) is 2.59. The summed E-state index contributed by atoms with van der Waals surface area (Å²) >= 11 is 0. The molecule has 2 heterocycles. The van der Waals surface area contributed by atoms with E-state index in [2.05, 4.69) is 11.1 Å². The number of nitriles is 1. The van der Waals surface area contributed by atoms with Gasteiger partial charge in [0.25, 0.3) is 0 Å². The molecular formula is C14H18N4O. The van der Waals surface area contributed by atoms with Crippen molar-refractivity contribution in [2.45, 2.75) is 26.7 Å². The highest BCUT2D eigenvalue weighted by molar-refractivity contribution is 5.77. The fourth-order valence-corrected chi connectivity index (χ4v) is 2.59. The van der Waals surface area contributed by atoms with Crippen molar-refractivity contribution in [2.24, 2.45) is 11.7 Å². The minimum absolute atomic E-state index is 0.150. The first-order valence-corrected chi connectivity index (χ1v) is 6.45. The molecule has 1 aliphatic rings.